The van der Waals surface area contributed by atoms with Gasteiger partial charge in [-0.25, -0.2) is 4.98 Å². The smallest absolute Gasteiger partial charge is 0.309 e. The lowest BCUT2D eigenvalue weighted by Crippen LogP contribution is -2.32. The molecule has 7 nitrogen and oxygen atoms in total. The van der Waals surface area contributed by atoms with Crippen LogP contribution in [-0.2, 0) is 4.79 Å². The first-order valence-electron chi connectivity index (χ1n) is 9.09. The number of rotatable bonds is 8. The minimum absolute atomic E-state index is 0. The number of hydrogen-bond acceptors (Lipinski definition) is 7. The van der Waals surface area contributed by atoms with Gasteiger partial charge in [-0.15, -0.1) is 12.4 Å². The number of carbonyl (C=O) groups excluding carboxylic acids is 1. The van der Waals surface area contributed by atoms with E-state index in [-0.39, 0.29) is 23.3 Å². The fourth-order valence-corrected chi connectivity index (χ4v) is 4.57. The SMILES string of the molecule is Cc1ccc2nc(N(CCCN(C)C)C(=O)C=Cc3ccc([N+](=O)[O-])s3)sc2c1.Cl. The summed E-state index contributed by atoms with van der Waals surface area (Å²) in [6, 6.07) is 9.13. The van der Waals surface area contributed by atoms with Gasteiger partial charge in [0.2, 0.25) is 0 Å². The first kappa shape index (κ1) is 23.9. The Morgan fingerprint density at radius 3 is 2.63 bits per heavy atom. The number of thiazole rings is 1. The lowest BCUT2D eigenvalue weighted by atomic mass is 10.2. The Hall–Kier alpha value is -2.33. The molecule has 0 radical (unpaired) electrons. The number of anilines is 1. The van der Waals surface area contributed by atoms with E-state index in [2.05, 4.69) is 16.0 Å². The van der Waals surface area contributed by atoms with Gasteiger partial charge in [-0.2, -0.15) is 0 Å². The number of halogens is 1. The third kappa shape index (κ3) is 6.09. The molecule has 30 heavy (non-hydrogen) atoms. The van der Waals surface area contributed by atoms with Gasteiger partial charge in [0.25, 0.3) is 5.91 Å². The molecule has 1 amide bonds. The maximum atomic E-state index is 12.9. The zero-order valence-electron chi connectivity index (χ0n) is 16.9. The molecule has 0 saturated heterocycles. The van der Waals surface area contributed by atoms with E-state index >= 15 is 0 Å². The Balaban J connectivity index is 0.00000320. The summed E-state index contributed by atoms with van der Waals surface area (Å²) in [5, 5.41) is 11.6. The van der Waals surface area contributed by atoms with Crippen molar-refractivity contribution in [3.05, 3.63) is 57.0 Å². The monoisotopic (exact) mass is 466 g/mol. The topological polar surface area (TPSA) is 79.6 Å². The molecule has 0 N–H and O–H groups in total. The fraction of sp³-hybridized carbons (Fsp3) is 0.300. The molecule has 0 fully saturated rings. The van der Waals surface area contributed by atoms with E-state index in [0.717, 1.165) is 40.1 Å². The molecular weight excluding hydrogens is 444 g/mol. The summed E-state index contributed by atoms with van der Waals surface area (Å²) in [6.07, 6.45) is 3.89. The number of benzene rings is 1. The van der Waals surface area contributed by atoms with E-state index in [1.807, 2.05) is 33.2 Å². The molecule has 3 rings (SSSR count). The second kappa shape index (κ2) is 10.6. The molecule has 0 saturated carbocycles. The number of hydrogen-bond donors (Lipinski definition) is 0. The van der Waals surface area contributed by atoms with E-state index in [4.69, 9.17) is 0 Å². The molecule has 0 atom stereocenters. The molecule has 0 aliphatic carbocycles. The first-order valence-corrected chi connectivity index (χ1v) is 10.7. The lowest BCUT2D eigenvalue weighted by molar-refractivity contribution is -0.380. The van der Waals surface area contributed by atoms with E-state index in [0.29, 0.717) is 16.6 Å². The van der Waals surface area contributed by atoms with E-state index < -0.39 is 4.92 Å². The van der Waals surface area contributed by atoms with Crippen molar-refractivity contribution in [3.63, 3.8) is 0 Å². The van der Waals surface area contributed by atoms with Crippen LogP contribution < -0.4 is 4.90 Å². The highest BCUT2D eigenvalue weighted by molar-refractivity contribution is 7.22. The van der Waals surface area contributed by atoms with Gasteiger partial charge in [0, 0.05) is 23.6 Å². The van der Waals surface area contributed by atoms with E-state index in [1.165, 1.54) is 23.5 Å². The molecule has 0 unspecified atom stereocenters. The minimum atomic E-state index is -0.430. The molecule has 2 aromatic heterocycles. The Morgan fingerprint density at radius 1 is 1.20 bits per heavy atom. The number of nitro groups is 1. The molecule has 2 heterocycles. The third-order valence-electron chi connectivity index (χ3n) is 4.20. The number of aromatic nitrogens is 1. The average Bonchev–Trinajstić information content (AvgIpc) is 3.29. The van der Waals surface area contributed by atoms with Crippen molar-refractivity contribution in [1.29, 1.82) is 0 Å². The number of nitrogens with zero attached hydrogens (tertiary/aromatic N) is 4. The van der Waals surface area contributed by atoms with Crippen LogP contribution in [0.25, 0.3) is 16.3 Å². The van der Waals surface area contributed by atoms with Gasteiger partial charge in [0.15, 0.2) is 5.13 Å². The number of carbonyl (C=O) groups is 1. The summed E-state index contributed by atoms with van der Waals surface area (Å²) in [4.78, 5) is 32.4. The van der Waals surface area contributed by atoms with Gasteiger partial charge < -0.3 is 4.90 Å². The van der Waals surface area contributed by atoms with Crippen LogP contribution in [0.2, 0.25) is 0 Å². The third-order valence-corrected chi connectivity index (χ3v) is 6.24. The Labute approximate surface area is 189 Å². The van der Waals surface area contributed by atoms with Crippen molar-refractivity contribution in [2.75, 3.05) is 32.1 Å². The van der Waals surface area contributed by atoms with Crippen molar-refractivity contribution in [2.45, 2.75) is 13.3 Å². The summed E-state index contributed by atoms with van der Waals surface area (Å²) in [6.45, 7) is 3.43. The molecule has 10 heteroatoms. The maximum Gasteiger partial charge on any atom is 0.324 e. The molecule has 0 spiro atoms. The summed E-state index contributed by atoms with van der Waals surface area (Å²) in [5.41, 5.74) is 2.02. The molecule has 3 aromatic rings. The highest BCUT2D eigenvalue weighted by Gasteiger charge is 2.18. The van der Waals surface area contributed by atoms with Crippen LogP contribution in [0.15, 0.2) is 36.4 Å². The fourth-order valence-electron chi connectivity index (χ4n) is 2.75. The molecule has 0 aliphatic rings. The quantitative estimate of drug-likeness (QED) is 0.265. The normalized spacial score (nSPS) is 11.2. The Bertz CT molecular complexity index is 1060. The predicted octanol–water partition coefficient (Wildman–Crippen LogP) is 4.99. The summed E-state index contributed by atoms with van der Waals surface area (Å²) < 4.78 is 1.04. The maximum absolute atomic E-state index is 12.9. The zero-order valence-corrected chi connectivity index (χ0v) is 19.4. The number of aryl methyl sites for hydroxylation is 1. The second-order valence-corrected chi connectivity index (χ2v) is 8.98. The van der Waals surface area contributed by atoms with E-state index in [9.17, 15) is 14.9 Å². The summed E-state index contributed by atoms with van der Waals surface area (Å²) in [7, 11) is 3.99. The van der Waals surface area contributed by atoms with Gasteiger partial charge in [0.05, 0.1) is 15.1 Å². The van der Waals surface area contributed by atoms with Crippen LogP contribution in [-0.4, -0.2) is 47.9 Å². The van der Waals surface area contributed by atoms with Crippen LogP contribution in [0, 0.1) is 17.0 Å². The second-order valence-electron chi connectivity index (χ2n) is 6.88. The Morgan fingerprint density at radius 2 is 1.97 bits per heavy atom. The van der Waals surface area contributed by atoms with Crippen LogP contribution in [0.1, 0.15) is 16.9 Å². The molecule has 0 aliphatic heterocycles. The zero-order chi connectivity index (χ0) is 21.0. The van der Waals surface area contributed by atoms with Gasteiger partial charge in [0.1, 0.15) is 0 Å². The van der Waals surface area contributed by atoms with Crippen molar-refractivity contribution < 1.29 is 9.72 Å². The van der Waals surface area contributed by atoms with Crippen LogP contribution in [0.4, 0.5) is 10.1 Å². The van der Waals surface area contributed by atoms with Gasteiger partial charge >= 0.3 is 5.00 Å². The highest BCUT2D eigenvalue weighted by atomic mass is 35.5. The van der Waals surface area contributed by atoms with Crippen molar-refractivity contribution in [2.24, 2.45) is 0 Å². The number of amides is 1. The molecule has 160 valence electrons. The number of fused-ring (bicyclic) bond motifs is 1. The molecule has 1 aromatic carbocycles. The van der Waals surface area contributed by atoms with Gasteiger partial charge in [-0.1, -0.05) is 28.7 Å². The first-order chi connectivity index (χ1) is 13.8. The Kier molecular flexibility index (Phi) is 8.48. The predicted molar refractivity (Wildman–Crippen MR) is 127 cm³/mol. The largest absolute Gasteiger partial charge is 0.324 e. The van der Waals surface area contributed by atoms with Gasteiger partial charge in [-0.3, -0.25) is 19.8 Å². The van der Waals surface area contributed by atoms with Crippen molar-refractivity contribution in [3.8, 4) is 0 Å². The van der Waals surface area contributed by atoms with Crippen molar-refractivity contribution in [1.82, 2.24) is 9.88 Å². The van der Waals surface area contributed by atoms with Gasteiger partial charge in [-0.05, 0) is 63.8 Å². The van der Waals surface area contributed by atoms with Crippen LogP contribution in [0.5, 0.6) is 0 Å². The number of thiophene rings is 1. The van der Waals surface area contributed by atoms with Crippen LogP contribution in [0.3, 0.4) is 0 Å². The molecule has 0 bridgehead atoms. The van der Waals surface area contributed by atoms with Crippen molar-refractivity contribution >= 4 is 67.4 Å². The van der Waals surface area contributed by atoms with E-state index in [1.54, 1.807) is 17.0 Å². The summed E-state index contributed by atoms with van der Waals surface area (Å²) >= 11 is 2.54. The highest BCUT2D eigenvalue weighted by Crippen LogP contribution is 2.30. The standard InChI is InChI=1S/C20H22N4O3S2.ClH/c1-14-5-8-16-17(13-14)29-20(21-16)23(12-4-11-22(2)3)18(25)9-6-15-7-10-19(28-15)24(26)27;/h5-10,13H,4,11-12H2,1-3H3;1H. The lowest BCUT2D eigenvalue weighted by Gasteiger charge is -2.19. The minimum Gasteiger partial charge on any atom is -0.309 e. The average molecular weight is 467 g/mol. The van der Waals surface area contributed by atoms with Crippen LogP contribution >= 0.6 is 35.1 Å². The molecular formula is C20H23ClN4O3S2. The summed E-state index contributed by atoms with van der Waals surface area (Å²) in [5.74, 6) is -0.185.